The molecule has 2 atom stereocenters. The monoisotopic (exact) mass is 328 g/mol. The Kier molecular flexibility index (Phi) is 6.13. The van der Waals surface area contributed by atoms with Gasteiger partial charge in [-0.1, -0.05) is 30.3 Å². The number of benzene rings is 1. The summed E-state index contributed by atoms with van der Waals surface area (Å²) in [5.74, 6) is 1.88. The van der Waals surface area contributed by atoms with E-state index in [2.05, 4.69) is 64.3 Å². The molecule has 4 heteroatoms. The van der Waals surface area contributed by atoms with Crippen molar-refractivity contribution in [3.63, 3.8) is 0 Å². The number of guanidine groups is 1. The molecule has 24 heavy (non-hydrogen) atoms. The molecule has 1 aromatic rings. The maximum atomic E-state index is 4.68. The molecule has 0 bridgehead atoms. The summed E-state index contributed by atoms with van der Waals surface area (Å²) in [4.78, 5) is 9.89. The van der Waals surface area contributed by atoms with Gasteiger partial charge in [0.15, 0.2) is 5.96 Å². The van der Waals surface area contributed by atoms with Crippen LogP contribution in [0.3, 0.4) is 0 Å². The van der Waals surface area contributed by atoms with Crippen LogP contribution in [0.25, 0.3) is 0 Å². The molecule has 0 radical (unpaired) electrons. The number of nitrogens with zero attached hydrogens (tertiary/aromatic N) is 3. The van der Waals surface area contributed by atoms with E-state index in [1.807, 2.05) is 0 Å². The van der Waals surface area contributed by atoms with Crippen LogP contribution in [-0.2, 0) is 6.54 Å². The van der Waals surface area contributed by atoms with Gasteiger partial charge < -0.3 is 10.2 Å². The summed E-state index contributed by atoms with van der Waals surface area (Å²) < 4.78 is 0. The maximum absolute atomic E-state index is 4.68. The molecule has 1 aromatic carbocycles. The zero-order chi connectivity index (χ0) is 16.8. The molecule has 0 spiro atoms. The molecule has 0 saturated carbocycles. The van der Waals surface area contributed by atoms with E-state index in [9.17, 15) is 0 Å². The van der Waals surface area contributed by atoms with Gasteiger partial charge in [0.05, 0.1) is 0 Å². The average molecular weight is 329 g/mol. The molecule has 132 valence electrons. The van der Waals surface area contributed by atoms with Crippen LogP contribution in [0.4, 0.5) is 0 Å². The molecule has 0 aromatic heterocycles. The molecule has 2 aliphatic rings. The van der Waals surface area contributed by atoms with E-state index < -0.39 is 0 Å². The van der Waals surface area contributed by atoms with Crippen LogP contribution in [0.15, 0.2) is 35.3 Å². The SMILES string of the molecule is CCN=C(NCC)N1CCC2C(CCCN2Cc2ccccc2)C1. The maximum Gasteiger partial charge on any atom is 0.193 e. The third-order valence-corrected chi connectivity index (χ3v) is 5.35. The highest BCUT2D eigenvalue weighted by Gasteiger charge is 2.36. The number of likely N-dealkylation sites (tertiary alicyclic amines) is 2. The Morgan fingerprint density at radius 1 is 1.17 bits per heavy atom. The fourth-order valence-electron chi connectivity index (χ4n) is 4.29. The van der Waals surface area contributed by atoms with Gasteiger partial charge in [-0.3, -0.25) is 9.89 Å². The normalized spacial score (nSPS) is 25.4. The number of fused-ring (bicyclic) bond motifs is 1. The minimum atomic E-state index is 0.736. The molecule has 2 aliphatic heterocycles. The largest absolute Gasteiger partial charge is 0.357 e. The fraction of sp³-hybridized carbons (Fsp3) is 0.650. The summed E-state index contributed by atoms with van der Waals surface area (Å²) in [6, 6.07) is 11.7. The van der Waals surface area contributed by atoms with Crippen molar-refractivity contribution in [2.24, 2.45) is 10.9 Å². The highest BCUT2D eigenvalue weighted by Crippen LogP contribution is 2.31. The van der Waals surface area contributed by atoms with Crippen molar-refractivity contribution in [2.45, 2.75) is 45.7 Å². The number of aliphatic imine (C=N–C) groups is 1. The molecule has 4 nitrogen and oxygen atoms in total. The lowest BCUT2D eigenvalue weighted by Crippen LogP contribution is -2.56. The lowest BCUT2D eigenvalue weighted by molar-refractivity contribution is 0.0372. The van der Waals surface area contributed by atoms with Crippen molar-refractivity contribution < 1.29 is 0 Å². The van der Waals surface area contributed by atoms with Crippen LogP contribution in [0.2, 0.25) is 0 Å². The number of rotatable bonds is 4. The van der Waals surface area contributed by atoms with Crippen LogP contribution in [-0.4, -0.2) is 54.5 Å². The molecule has 0 aliphatic carbocycles. The van der Waals surface area contributed by atoms with Crippen molar-refractivity contribution in [1.29, 1.82) is 0 Å². The summed E-state index contributed by atoms with van der Waals surface area (Å²) in [6.07, 6.45) is 3.94. The minimum absolute atomic E-state index is 0.736. The van der Waals surface area contributed by atoms with Crippen molar-refractivity contribution in [3.8, 4) is 0 Å². The van der Waals surface area contributed by atoms with Gasteiger partial charge in [-0.25, -0.2) is 0 Å². The molecular formula is C20H32N4. The zero-order valence-electron chi connectivity index (χ0n) is 15.2. The summed E-state index contributed by atoms with van der Waals surface area (Å²) in [5.41, 5.74) is 1.45. The van der Waals surface area contributed by atoms with E-state index in [0.717, 1.165) is 50.6 Å². The molecule has 2 saturated heterocycles. The van der Waals surface area contributed by atoms with Crippen molar-refractivity contribution in [3.05, 3.63) is 35.9 Å². The topological polar surface area (TPSA) is 30.9 Å². The van der Waals surface area contributed by atoms with Gasteiger partial charge in [0.2, 0.25) is 0 Å². The summed E-state index contributed by atoms with van der Waals surface area (Å²) in [7, 11) is 0. The van der Waals surface area contributed by atoms with Crippen LogP contribution in [0.5, 0.6) is 0 Å². The third-order valence-electron chi connectivity index (χ3n) is 5.35. The highest BCUT2D eigenvalue weighted by atomic mass is 15.3. The van der Waals surface area contributed by atoms with Gasteiger partial charge in [-0.15, -0.1) is 0 Å². The third kappa shape index (κ3) is 4.10. The van der Waals surface area contributed by atoms with E-state index in [4.69, 9.17) is 0 Å². The average Bonchev–Trinajstić information content (AvgIpc) is 2.62. The van der Waals surface area contributed by atoms with Gasteiger partial charge in [0.1, 0.15) is 0 Å². The van der Waals surface area contributed by atoms with E-state index in [1.165, 1.54) is 31.4 Å². The van der Waals surface area contributed by atoms with Crippen molar-refractivity contribution >= 4 is 5.96 Å². The number of piperidine rings is 2. The Morgan fingerprint density at radius 2 is 2.00 bits per heavy atom. The first-order valence-electron chi connectivity index (χ1n) is 9.63. The number of nitrogens with one attached hydrogen (secondary N) is 1. The van der Waals surface area contributed by atoms with Gasteiger partial charge in [-0.2, -0.15) is 0 Å². The second-order valence-corrected chi connectivity index (χ2v) is 6.99. The molecular weight excluding hydrogens is 296 g/mol. The first-order valence-corrected chi connectivity index (χ1v) is 9.63. The smallest absolute Gasteiger partial charge is 0.193 e. The Balaban J connectivity index is 1.64. The van der Waals surface area contributed by atoms with Crippen LogP contribution in [0.1, 0.15) is 38.7 Å². The Bertz CT molecular complexity index is 528. The van der Waals surface area contributed by atoms with E-state index in [1.54, 1.807) is 0 Å². The van der Waals surface area contributed by atoms with E-state index in [0.29, 0.717) is 0 Å². The summed E-state index contributed by atoms with van der Waals surface area (Å²) >= 11 is 0. The first-order chi connectivity index (χ1) is 11.8. The number of hydrogen-bond donors (Lipinski definition) is 1. The quantitative estimate of drug-likeness (QED) is 0.681. The zero-order valence-corrected chi connectivity index (χ0v) is 15.2. The lowest BCUT2D eigenvalue weighted by atomic mass is 9.83. The molecule has 0 amide bonds. The Labute approximate surface area is 146 Å². The highest BCUT2D eigenvalue weighted by molar-refractivity contribution is 5.80. The molecule has 2 heterocycles. The van der Waals surface area contributed by atoms with Crippen molar-refractivity contribution in [2.75, 3.05) is 32.7 Å². The van der Waals surface area contributed by atoms with E-state index >= 15 is 0 Å². The number of hydrogen-bond acceptors (Lipinski definition) is 2. The van der Waals surface area contributed by atoms with Crippen LogP contribution in [0, 0.1) is 5.92 Å². The molecule has 2 unspecified atom stereocenters. The molecule has 3 rings (SSSR count). The van der Waals surface area contributed by atoms with Gasteiger partial charge in [0.25, 0.3) is 0 Å². The predicted octanol–water partition coefficient (Wildman–Crippen LogP) is 2.96. The standard InChI is InChI=1S/C20H32N4/c1-3-21-20(22-4-2)24-14-12-19-18(16-24)11-8-13-23(19)15-17-9-6-5-7-10-17/h5-7,9-10,18-19H,3-4,8,11-16H2,1-2H3,(H,21,22). The first kappa shape index (κ1) is 17.3. The molecule has 1 N–H and O–H groups in total. The second kappa shape index (κ2) is 8.52. The van der Waals surface area contributed by atoms with Gasteiger partial charge in [-0.05, 0) is 51.1 Å². The van der Waals surface area contributed by atoms with Crippen molar-refractivity contribution in [1.82, 2.24) is 15.1 Å². The Hall–Kier alpha value is -1.55. The fourth-order valence-corrected chi connectivity index (χ4v) is 4.29. The van der Waals surface area contributed by atoms with Crippen LogP contribution < -0.4 is 5.32 Å². The predicted molar refractivity (Wildman–Crippen MR) is 101 cm³/mol. The van der Waals surface area contributed by atoms with Gasteiger partial charge >= 0.3 is 0 Å². The lowest BCUT2D eigenvalue weighted by Gasteiger charge is -2.48. The Morgan fingerprint density at radius 3 is 2.75 bits per heavy atom. The summed E-state index contributed by atoms with van der Waals surface area (Å²) in [6.45, 7) is 10.7. The minimum Gasteiger partial charge on any atom is -0.357 e. The molecule has 2 fully saturated rings. The van der Waals surface area contributed by atoms with Crippen LogP contribution >= 0.6 is 0 Å². The second-order valence-electron chi connectivity index (χ2n) is 6.99. The van der Waals surface area contributed by atoms with Gasteiger partial charge in [0, 0.05) is 38.8 Å². The van der Waals surface area contributed by atoms with E-state index in [-0.39, 0.29) is 0 Å². The summed E-state index contributed by atoms with van der Waals surface area (Å²) in [5, 5.41) is 3.46.